The summed E-state index contributed by atoms with van der Waals surface area (Å²) in [4.78, 5) is 19.2. The molecular weight excluding hydrogens is 404 g/mol. The summed E-state index contributed by atoms with van der Waals surface area (Å²) in [6.45, 7) is 0. The summed E-state index contributed by atoms with van der Waals surface area (Å²) in [6.07, 6.45) is 7.35. The van der Waals surface area contributed by atoms with Gasteiger partial charge in [-0.2, -0.15) is 0 Å². The topological polar surface area (TPSA) is 42.4 Å². The number of benzene rings is 1. The van der Waals surface area contributed by atoms with Gasteiger partial charge < -0.3 is 9.64 Å². The highest BCUT2D eigenvalue weighted by atomic mass is 79.9. The molecule has 4 nitrogen and oxygen atoms in total. The van der Waals surface area contributed by atoms with E-state index in [4.69, 9.17) is 16.3 Å². The molecule has 3 heterocycles. The second-order valence-electron chi connectivity index (χ2n) is 6.62. The van der Waals surface area contributed by atoms with Gasteiger partial charge in [-0.05, 0) is 43.2 Å². The standard InChI is InChI=1S/C19H18BrClN2O2/c20-12-3-6-18(21)17(8-12)19(24)23-13-4-5-14(23)10-16(9-13)25-15-2-1-7-22-11-15/h1-3,6-8,11,13-14,16H,4-5,9-10H2. The van der Waals surface area contributed by atoms with Crippen LogP contribution < -0.4 is 4.74 Å². The number of hydrogen-bond acceptors (Lipinski definition) is 3. The SMILES string of the molecule is O=C(c1cc(Br)ccc1Cl)N1C2CCC1CC(Oc1cccnc1)C2. The van der Waals surface area contributed by atoms with Crippen LogP contribution in [0.3, 0.4) is 0 Å². The molecule has 2 aliphatic rings. The molecule has 0 spiro atoms. The van der Waals surface area contributed by atoms with Crippen LogP contribution in [0.2, 0.25) is 5.02 Å². The van der Waals surface area contributed by atoms with E-state index in [1.807, 2.05) is 29.2 Å². The van der Waals surface area contributed by atoms with E-state index in [0.717, 1.165) is 35.9 Å². The third-order valence-electron chi connectivity index (χ3n) is 5.02. The van der Waals surface area contributed by atoms with E-state index in [1.165, 1.54) is 0 Å². The summed E-state index contributed by atoms with van der Waals surface area (Å²) >= 11 is 9.69. The minimum Gasteiger partial charge on any atom is -0.489 e. The highest BCUT2D eigenvalue weighted by Gasteiger charge is 2.44. The van der Waals surface area contributed by atoms with Gasteiger partial charge in [0.1, 0.15) is 11.9 Å². The van der Waals surface area contributed by atoms with E-state index in [-0.39, 0.29) is 24.1 Å². The lowest BCUT2D eigenvalue weighted by Gasteiger charge is -2.39. The molecular formula is C19H18BrClN2O2. The molecule has 2 saturated heterocycles. The van der Waals surface area contributed by atoms with Gasteiger partial charge in [0, 0.05) is 35.6 Å². The molecule has 2 unspecified atom stereocenters. The van der Waals surface area contributed by atoms with E-state index in [0.29, 0.717) is 10.6 Å². The van der Waals surface area contributed by atoms with Crippen LogP contribution >= 0.6 is 27.5 Å². The maximum atomic E-state index is 13.1. The van der Waals surface area contributed by atoms with Crippen molar-refractivity contribution < 1.29 is 9.53 Å². The van der Waals surface area contributed by atoms with Gasteiger partial charge in [0.15, 0.2) is 0 Å². The molecule has 1 aromatic carbocycles. The minimum absolute atomic E-state index is 0.0265. The second kappa shape index (κ2) is 6.96. The van der Waals surface area contributed by atoms with Crippen LogP contribution in [-0.2, 0) is 0 Å². The first-order valence-corrected chi connectivity index (χ1v) is 9.63. The summed E-state index contributed by atoms with van der Waals surface area (Å²) in [5.74, 6) is 0.820. The molecule has 4 rings (SSSR count). The Labute approximate surface area is 160 Å². The lowest BCUT2D eigenvalue weighted by molar-refractivity contribution is 0.0358. The third kappa shape index (κ3) is 3.40. The first kappa shape index (κ1) is 16.9. The van der Waals surface area contributed by atoms with E-state index < -0.39 is 0 Å². The Bertz CT molecular complexity index is 772. The van der Waals surface area contributed by atoms with Gasteiger partial charge in [-0.1, -0.05) is 27.5 Å². The van der Waals surface area contributed by atoms with Gasteiger partial charge in [0.05, 0.1) is 16.8 Å². The van der Waals surface area contributed by atoms with Crippen molar-refractivity contribution in [3.05, 3.63) is 57.8 Å². The van der Waals surface area contributed by atoms with Gasteiger partial charge >= 0.3 is 0 Å². The van der Waals surface area contributed by atoms with Crippen LogP contribution in [0.5, 0.6) is 5.75 Å². The zero-order valence-corrected chi connectivity index (χ0v) is 15.9. The van der Waals surface area contributed by atoms with E-state index in [1.54, 1.807) is 18.5 Å². The number of rotatable bonds is 3. The first-order valence-electron chi connectivity index (χ1n) is 8.46. The highest BCUT2D eigenvalue weighted by molar-refractivity contribution is 9.10. The van der Waals surface area contributed by atoms with E-state index in [9.17, 15) is 4.79 Å². The molecule has 0 N–H and O–H groups in total. The predicted octanol–water partition coefficient (Wildman–Crippen LogP) is 4.71. The lowest BCUT2D eigenvalue weighted by atomic mass is 9.98. The van der Waals surface area contributed by atoms with Gasteiger partial charge in [-0.15, -0.1) is 0 Å². The number of hydrogen-bond donors (Lipinski definition) is 0. The molecule has 0 radical (unpaired) electrons. The van der Waals surface area contributed by atoms with Crippen molar-refractivity contribution >= 4 is 33.4 Å². The Balaban J connectivity index is 1.50. The predicted molar refractivity (Wildman–Crippen MR) is 100 cm³/mol. The fourth-order valence-electron chi connectivity index (χ4n) is 3.96. The molecule has 0 aliphatic carbocycles. The number of halogens is 2. The van der Waals surface area contributed by atoms with Crippen molar-refractivity contribution in [1.82, 2.24) is 9.88 Å². The smallest absolute Gasteiger partial charge is 0.255 e. The van der Waals surface area contributed by atoms with Gasteiger partial charge in [0.2, 0.25) is 0 Å². The maximum absolute atomic E-state index is 13.1. The number of nitrogens with zero attached hydrogens (tertiary/aromatic N) is 2. The van der Waals surface area contributed by atoms with E-state index >= 15 is 0 Å². The van der Waals surface area contributed by atoms with Crippen LogP contribution in [0.4, 0.5) is 0 Å². The van der Waals surface area contributed by atoms with Crippen molar-refractivity contribution in [1.29, 1.82) is 0 Å². The summed E-state index contributed by atoms with van der Waals surface area (Å²) < 4.78 is 6.94. The molecule has 0 saturated carbocycles. The van der Waals surface area contributed by atoms with Crippen LogP contribution in [0.15, 0.2) is 47.2 Å². The van der Waals surface area contributed by atoms with Crippen molar-refractivity contribution in [2.75, 3.05) is 0 Å². The number of fused-ring (bicyclic) bond motifs is 2. The normalized spacial score (nSPS) is 25.0. The maximum Gasteiger partial charge on any atom is 0.255 e. The minimum atomic E-state index is 0.0265. The Hall–Kier alpha value is -1.59. The number of amides is 1. The Morgan fingerprint density at radius 1 is 1.24 bits per heavy atom. The van der Waals surface area contributed by atoms with Crippen LogP contribution in [0, 0.1) is 0 Å². The molecule has 2 fully saturated rings. The average Bonchev–Trinajstić information content (AvgIpc) is 2.88. The number of carbonyl (C=O) groups is 1. The molecule has 1 amide bonds. The molecule has 25 heavy (non-hydrogen) atoms. The lowest BCUT2D eigenvalue weighted by Crippen LogP contribution is -2.49. The zero-order valence-electron chi connectivity index (χ0n) is 13.6. The number of ether oxygens (including phenoxy) is 1. The largest absolute Gasteiger partial charge is 0.489 e. The number of pyridine rings is 1. The number of piperidine rings is 1. The molecule has 130 valence electrons. The van der Waals surface area contributed by atoms with Gasteiger partial charge in [-0.3, -0.25) is 9.78 Å². The molecule has 1 aromatic heterocycles. The summed E-state index contributed by atoms with van der Waals surface area (Å²) in [6, 6.07) is 9.64. The zero-order chi connectivity index (χ0) is 17.4. The van der Waals surface area contributed by atoms with Crippen LogP contribution in [-0.4, -0.2) is 34.0 Å². The first-order chi connectivity index (χ1) is 12.1. The van der Waals surface area contributed by atoms with E-state index in [2.05, 4.69) is 20.9 Å². The fourth-order valence-corrected chi connectivity index (χ4v) is 4.52. The molecule has 6 heteroatoms. The molecule has 2 aliphatic heterocycles. The summed E-state index contributed by atoms with van der Waals surface area (Å²) in [5, 5.41) is 0.501. The van der Waals surface area contributed by atoms with Crippen molar-refractivity contribution in [3.8, 4) is 5.75 Å². The highest BCUT2D eigenvalue weighted by Crippen LogP contribution is 2.39. The van der Waals surface area contributed by atoms with Crippen molar-refractivity contribution in [2.45, 2.75) is 43.9 Å². The summed E-state index contributed by atoms with van der Waals surface area (Å²) in [5.41, 5.74) is 0.569. The average molecular weight is 422 g/mol. The molecule has 2 atom stereocenters. The fraction of sp³-hybridized carbons (Fsp3) is 0.368. The van der Waals surface area contributed by atoms with Gasteiger partial charge in [0.25, 0.3) is 5.91 Å². The quantitative estimate of drug-likeness (QED) is 0.720. The van der Waals surface area contributed by atoms with Crippen molar-refractivity contribution in [3.63, 3.8) is 0 Å². The van der Waals surface area contributed by atoms with Gasteiger partial charge in [-0.25, -0.2) is 0 Å². The van der Waals surface area contributed by atoms with Crippen LogP contribution in [0.1, 0.15) is 36.0 Å². The number of carbonyl (C=O) groups excluding carboxylic acids is 1. The Morgan fingerprint density at radius 2 is 2.00 bits per heavy atom. The molecule has 2 bridgehead atoms. The van der Waals surface area contributed by atoms with Crippen molar-refractivity contribution in [2.24, 2.45) is 0 Å². The molecule has 2 aromatic rings. The second-order valence-corrected chi connectivity index (χ2v) is 7.94. The number of aromatic nitrogens is 1. The Morgan fingerprint density at radius 3 is 2.68 bits per heavy atom. The monoisotopic (exact) mass is 420 g/mol. The van der Waals surface area contributed by atoms with Crippen LogP contribution in [0.25, 0.3) is 0 Å². The third-order valence-corrected chi connectivity index (χ3v) is 5.84. The summed E-state index contributed by atoms with van der Waals surface area (Å²) in [7, 11) is 0. The Kier molecular flexibility index (Phi) is 4.69.